The van der Waals surface area contributed by atoms with E-state index < -0.39 is 11.7 Å². The van der Waals surface area contributed by atoms with Crippen LogP contribution in [0.1, 0.15) is 5.56 Å². The summed E-state index contributed by atoms with van der Waals surface area (Å²) in [6.45, 7) is 0. The predicted molar refractivity (Wildman–Crippen MR) is 66.4 cm³/mol. The topological polar surface area (TPSA) is 12.0 Å². The number of para-hydroxylation sites is 1. The Morgan fingerprint density at radius 3 is 2.50 bits per heavy atom. The summed E-state index contributed by atoms with van der Waals surface area (Å²) in [5.74, 6) is 0. The van der Waals surface area contributed by atoms with Gasteiger partial charge in [-0.25, -0.2) is 0 Å². The molecule has 0 atom stereocenters. The van der Waals surface area contributed by atoms with E-state index in [1.807, 2.05) is 24.3 Å². The maximum absolute atomic E-state index is 12.7. The van der Waals surface area contributed by atoms with Crippen molar-refractivity contribution in [2.24, 2.45) is 0 Å². The number of fused-ring (bicyclic) bond motifs is 3. The van der Waals surface area contributed by atoms with Gasteiger partial charge in [-0.3, -0.25) is 0 Å². The summed E-state index contributed by atoms with van der Waals surface area (Å²) in [5, 5.41) is 0. The molecular weight excluding hydrogens is 259 g/mol. The lowest BCUT2D eigenvalue weighted by Gasteiger charge is -2.21. The first-order chi connectivity index (χ1) is 8.55. The van der Waals surface area contributed by atoms with Crippen LogP contribution in [0, 0.1) is 0 Å². The second-order valence-electron chi connectivity index (χ2n) is 3.96. The Bertz CT molecular complexity index is 607. The van der Waals surface area contributed by atoms with Gasteiger partial charge in [0.1, 0.15) is 0 Å². The number of rotatable bonds is 0. The number of alkyl halides is 3. The Morgan fingerprint density at radius 2 is 1.72 bits per heavy atom. The molecule has 0 bridgehead atoms. The van der Waals surface area contributed by atoms with Gasteiger partial charge in [0.15, 0.2) is 0 Å². The van der Waals surface area contributed by atoms with Crippen LogP contribution >= 0.6 is 11.9 Å². The molecule has 5 heteroatoms. The fraction of sp³-hybridized carbons (Fsp3) is 0.0769. The van der Waals surface area contributed by atoms with E-state index in [1.165, 1.54) is 24.1 Å². The standard InChI is InChI=1S/C13H8F3NS/c14-13(15,16)8-5-6-12-10(7-8)9-3-1-2-4-11(9)17-18-12/h1-7,17H. The molecule has 0 unspecified atom stereocenters. The summed E-state index contributed by atoms with van der Waals surface area (Å²) < 4.78 is 41.2. The Morgan fingerprint density at radius 1 is 0.944 bits per heavy atom. The predicted octanol–water partition coefficient (Wildman–Crippen LogP) is 4.81. The van der Waals surface area contributed by atoms with Crippen LogP contribution in [0.4, 0.5) is 18.9 Å². The van der Waals surface area contributed by atoms with Crippen molar-refractivity contribution in [2.75, 3.05) is 4.72 Å². The molecule has 0 aliphatic carbocycles. The quantitative estimate of drug-likeness (QED) is 0.688. The number of anilines is 1. The van der Waals surface area contributed by atoms with E-state index in [4.69, 9.17) is 0 Å². The summed E-state index contributed by atoms with van der Waals surface area (Å²) in [4.78, 5) is 0.807. The van der Waals surface area contributed by atoms with Crippen LogP contribution in [0.25, 0.3) is 11.1 Å². The number of hydrogen-bond acceptors (Lipinski definition) is 2. The number of benzene rings is 2. The third-order valence-electron chi connectivity index (χ3n) is 2.80. The number of nitrogens with one attached hydrogen (secondary N) is 1. The fourth-order valence-corrected chi connectivity index (χ4v) is 2.74. The SMILES string of the molecule is FC(F)(F)c1ccc2c(c1)-c1ccccc1NS2. The van der Waals surface area contributed by atoms with Gasteiger partial charge < -0.3 is 4.72 Å². The van der Waals surface area contributed by atoms with Gasteiger partial charge in [-0.2, -0.15) is 13.2 Å². The third kappa shape index (κ3) is 1.84. The highest BCUT2D eigenvalue weighted by molar-refractivity contribution is 8.00. The van der Waals surface area contributed by atoms with Crippen LogP contribution in [0.15, 0.2) is 47.4 Å². The van der Waals surface area contributed by atoms with Crippen molar-refractivity contribution >= 4 is 17.6 Å². The first kappa shape index (κ1) is 11.5. The monoisotopic (exact) mass is 267 g/mol. The lowest BCUT2D eigenvalue weighted by molar-refractivity contribution is -0.137. The Balaban J connectivity index is 2.19. The van der Waals surface area contributed by atoms with E-state index >= 15 is 0 Å². The zero-order chi connectivity index (χ0) is 12.8. The molecule has 0 fully saturated rings. The van der Waals surface area contributed by atoms with Crippen LogP contribution in [0.5, 0.6) is 0 Å². The Kier molecular flexibility index (Phi) is 2.52. The maximum Gasteiger partial charge on any atom is 0.416 e. The minimum atomic E-state index is -4.31. The molecule has 1 N–H and O–H groups in total. The van der Waals surface area contributed by atoms with E-state index in [0.717, 1.165) is 22.2 Å². The molecule has 2 aromatic rings. The van der Waals surface area contributed by atoms with Crippen LogP contribution in [-0.2, 0) is 6.18 Å². The van der Waals surface area contributed by atoms with Crippen molar-refractivity contribution in [3.8, 4) is 11.1 Å². The highest BCUT2D eigenvalue weighted by Gasteiger charge is 2.31. The van der Waals surface area contributed by atoms with E-state index in [-0.39, 0.29) is 0 Å². The van der Waals surface area contributed by atoms with E-state index in [1.54, 1.807) is 0 Å². The normalized spacial score (nSPS) is 13.5. The van der Waals surface area contributed by atoms with Gasteiger partial charge in [0.25, 0.3) is 0 Å². The number of halogens is 3. The molecule has 0 radical (unpaired) electrons. The van der Waals surface area contributed by atoms with Gasteiger partial charge in [0, 0.05) is 10.5 Å². The summed E-state index contributed by atoms with van der Waals surface area (Å²) in [6, 6.07) is 11.2. The van der Waals surface area contributed by atoms with Gasteiger partial charge in [-0.15, -0.1) is 0 Å². The lowest BCUT2D eigenvalue weighted by atomic mass is 10.0. The molecule has 1 aliphatic rings. The summed E-state index contributed by atoms with van der Waals surface area (Å²) >= 11 is 1.33. The Hall–Kier alpha value is -1.62. The highest BCUT2D eigenvalue weighted by Crippen LogP contribution is 2.44. The molecular formula is C13H8F3NS. The van der Waals surface area contributed by atoms with Gasteiger partial charge in [-0.05, 0) is 41.8 Å². The van der Waals surface area contributed by atoms with Gasteiger partial charge in [0.2, 0.25) is 0 Å². The zero-order valence-corrected chi connectivity index (χ0v) is 9.90. The fourth-order valence-electron chi connectivity index (χ4n) is 1.92. The molecule has 0 aromatic heterocycles. The van der Waals surface area contributed by atoms with Crippen LogP contribution in [0.2, 0.25) is 0 Å². The summed E-state index contributed by atoms with van der Waals surface area (Å²) in [5.41, 5.74) is 1.66. The van der Waals surface area contributed by atoms with E-state index in [0.29, 0.717) is 5.56 Å². The molecule has 18 heavy (non-hydrogen) atoms. The van der Waals surface area contributed by atoms with Crippen molar-refractivity contribution < 1.29 is 13.2 Å². The van der Waals surface area contributed by atoms with Crippen molar-refractivity contribution in [3.05, 3.63) is 48.0 Å². The van der Waals surface area contributed by atoms with E-state index in [9.17, 15) is 13.2 Å². The molecule has 0 amide bonds. The van der Waals surface area contributed by atoms with Crippen molar-refractivity contribution in [1.29, 1.82) is 0 Å². The second-order valence-corrected chi connectivity index (χ2v) is 4.81. The van der Waals surface area contributed by atoms with E-state index in [2.05, 4.69) is 4.72 Å². The van der Waals surface area contributed by atoms with Crippen LogP contribution in [-0.4, -0.2) is 0 Å². The van der Waals surface area contributed by atoms with Crippen molar-refractivity contribution in [2.45, 2.75) is 11.1 Å². The van der Waals surface area contributed by atoms with Crippen molar-refractivity contribution in [3.63, 3.8) is 0 Å². The molecule has 0 saturated heterocycles. The molecule has 1 nitrogen and oxygen atoms in total. The minimum Gasteiger partial charge on any atom is -0.325 e. The van der Waals surface area contributed by atoms with Gasteiger partial charge >= 0.3 is 6.18 Å². The van der Waals surface area contributed by atoms with Crippen LogP contribution in [0.3, 0.4) is 0 Å². The molecule has 1 aliphatic heterocycles. The summed E-state index contributed by atoms with van der Waals surface area (Å²) in [6.07, 6.45) is -4.31. The molecule has 3 rings (SSSR count). The molecule has 0 saturated carbocycles. The first-order valence-electron chi connectivity index (χ1n) is 5.29. The van der Waals surface area contributed by atoms with Crippen molar-refractivity contribution in [1.82, 2.24) is 0 Å². The first-order valence-corrected chi connectivity index (χ1v) is 6.11. The van der Waals surface area contributed by atoms with Gasteiger partial charge in [0.05, 0.1) is 11.3 Å². The average molecular weight is 267 g/mol. The average Bonchev–Trinajstić information content (AvgIpc) is 2.37. The lowest BCUT2D eigenvalue weighted by Crippen LogP contribution is -2.06. The van der Waals surface area contributed by atoms with Crippen LogP contribution < -0.4 is 4.72 Å². The number of hydrogen-bond donors (Lipinski definition) is 1. The third-order valence-corrected chi connectivity index (χ3v) is 3.69. The molecule has 92 valence electrons. The maximum atomic E-state index is 12.7. The largest absolute Gasteiger partial charge is 0.416 e. The Labute approximate surface area is 106 Å². The smallest absolute Gasteiger partial charge is 0.325 e. The minimum absolute atomic E-state index is 0.612. The highest BCUT2D eigenvalue weighted by atomic mass is 32.2. The molecule has 0 spiro atoms. The second kappa shape index (κ2) is 3.95. The molecule has 2 aromatic carbocycles. The zero-order valence-electron chi connectivity index (χ0n) is 9.08. The summed E-state index contributed by atoms with van der Waals surface area (Å²) in [7, 11) is 0. The van der Waals surface area contributed by atoms with Gasteiger partial charge in [-0.1, -0.05) is 18.2 Å². The molecule has 1 heterocycles.